The maximum absolute atomic E-state index is 11.3. The molecule has 2 aromatic rings. The summed E-state index contributed by atoms with van der Waals surface area (Å²) in [6.45, 7) is 8.55. The highest BCUT2D eigenvalue weighted by atomic mass is 32.2. The molecule has 11 heteroatoms. The lowest BCUT2D eigenvalue weighted by molar-refractivity contribution is -0.116. The van der Waals surface area contributed by atoms with Crippen LogP contribution in [0.2, 0.25) is 0 Å². The Morgan fingerprint density at radius 2 is 2.20 bits per heavy atom. The van der Waals surface area contributed by atoms with Crippen LogP contribution in [-0.4, -0.2) is 71.8 Å². The zero-order chi connectivity index (χ0) is 21.9. The number of carbonyl (C=O) groups excluding carboxylic acids is 1. The summed E-state index contributed by atoms with van der Waals surface area (Å²) in [5.41, 5.74) is 0. The number of hydrogen-bond donors (Lipinski definition) is 2. The second-order valence-electron chi connectivity index (χ2n) is 6.39. The normalized spacial score (nSPS) is 10.5. The lowest BCUT2D eigenvalue weighted by atomic mass is 10.4. The van der Waals surface area contributed by atoms with Crippen LogP contribution in [0.4, 0.5) is 16.8 Å². The number of likely N-dealkylation sites (N-methyl/N-ethyl adjacent to an activating group) is 2. The maximum Gasteiger partial charge on any atom is 0.243 e. The number of nitrogens with zero attached hydrogens (tertiary/aromatic N) is 6. The van der Waals surface area contributed by atoms with Crippen molar-refractivity contribution in [2.24, 2.45) is 0 Å². The van der Waals surface area contributed by atoms with Crippen LogP contribution >= 0.6 is 23.1 Å². The van der Waals surface area contributed by atoms with Crippen LogP contribution in [0.3, 0.4) is 0 Å². The quantitative estimate of drug-likeness (QED) is 0.220. The van der Waals surface area contributed by atoms with E-state index in [2.05, 4.69) is 50.0 Å². The predicted octanol–water partition coefficient (Wildman–Crippen LogP) is 2.33. The number of thioether (sulfide) groups is 1. The molecule has 2 heterocycles. The molecule has 2 N–H and O–H groups in total. The van der Waals surface area contributed by atoms with Crippen molar-refractivity contribution in [3.05, 3.63) is 29.8 Å². The fourth-order valence-corrected chi connectivity index (χ4v) is 3.67. The molecule has 0 fully saturated rings. The average Bonchev–Trinajstić information content (AvgIpc) is 3.18. The Morgan fingerprint density at radius 3 is 2.83 bits per heavy atom. The first kappa shape index (κ1) is 23.6. The van der Waals surface area contributed by atoms with Gasteiger partial charge in [-0.2, -0.15) is 5.26 Å². The number of nitrogens with one attached hydrogen (secondary N) is 2. The SMILES string of the molecule is C=CC(=O)NCCSc1nc(Nc2ncc(C#N)s2)cc(N(CC)CCN(C)C)n1. The highest BCUT2D eigenvalue weighted by molar-refractivity contribution is 7.99. The highest BCUT2D eigenvalue weighted by Gasteiger charge is 2.13. The van der Waals surface area contributed by atoms with E-state index in [1.165, 1.54) is 35.4 Å². The molecule has 0 aromatic carbocycles. The Kier molecular flexibility index (Phi) is 9.53. The minimum atomic E-state index is -0.203. The first-order chi connectivity index (χ1) is 14.4. The van der Waals surface area contributed by atoms with E-state index in [1.54, 1.807) is 0 Å². The van der Waals surface area contributed by atoms with Gasteiger partial charge in [0, 0.05) is 38.0 Å². The molecule has 0 aliphatic carbocycles. The summed E-state index contributed by atoms with van der Waals surface area (Å²) in [5.74, 6) is 1.85. The number of nitriles is 1. The smallest absolute Gasteiger partial charge is 0.243 e. The third-order valence-corrected chi connectivity index (χ3v) is 5.55. The molecule has 0 radical (unpaired) electrons. The lowest BCUT2D eigenvalue weighted by Crippen LogP contribution is -2.32. The molecule has 0 saturated carbocycles. The van der Waals surface area contributed by atoms with Gasteiger partial charge in [0.15, 0.2) is 10.3 Å². The first-order valence-electron chi connectivity index (χ1n) is 9.40. The molecule has 0 aliphatic heterocycles. The summed E-state index contributed by atoms with van der Waals surface area (Å²) in [6, 6.07) is 3.97. The summed E-state index contributed by atoms with van der Waals surface area (Å²) in [5, 5.41) is 16.1. The average molecular weight is 447 g/mol. The Balaban J connectivity index is 2.19. The van der Waals surface area contributed by atoms with Crippen LogP contribution < -0.4 is 15.5 Å². The van der Waals surface area contributed by atoms with Crippen molar-refractivity contribution in [3.63, 3.8) is 0 Å². The Hall–Kier alpha value is -2.68. The maximum atomic E-state index is 11.3. The number of rotatable bonds is 12. The molecule has 0 spiro atoms. The van der Waals surface area contributed by atoms with Crippen molar-refractivity contribution >= 4 is 45.8 Å². The van der Waals surface area contributed by atoms with Gasteiger partial charge in [0.1, 0.15) is 22.6 Å². The van der Waals surface area contributed by atoms with E-state index in [9.17, 15) is 4.79 Å². The molecule has 0 atom stereocenters. The number of carbonyl (C=O) groups is 1. The zero-order valence-electron chi connectivity index (χ0n) is 17.4. The van der Waals surface area contributed by atoms with Gasteiger partial charge < -0.3 is 20.4 Å². The third-order valence-electron chi connectivity index (χ3n) is 3.88. The molecule has 0 bridgehead atoms. The van der Waals surface area contributed by atoms with Crippen LogP contribution in [-0.2, 0) is 4.79 Å². The van der Waals surface area contributed by atoms with Gasteiger partial charge in [0.25, 0.3) is 0 Å². The van der Waals surface area contributed by atoms with Gasteiger partial charge in [0.05, 0.1) is 6.20 Å². The van der Waals surface area contributed by atoms with Gasteiger partial charge in [-0.15, -0.1) is 0 Å². The van der Waals surface area contributed by atoms with Gasteiger partial charge in [-0.25, -0.2) is 15.0 Å². The minimum absolute atomic E-state index is 0.203. The Morgan fingerprint density at radius 1 is 1.40 bits per heavy atom. The summed E-state index contributed by atoms with van der Waals surface area (Å²) in [7, 11) is 4.07. The number of hydrogen-bond acceptors (Lipinski definition) is 10. The van der Waals surface area contributed by atoms with E-state index in [0.717, 1.165) is 25.5 Å². The largest absolute Gasteiger partial charge is 0.355 e. The van der Waals surface area contributed by atoms with Crippen LogP contribution in [0.25, 0.3) is 0 Å². The summed E-state index contributed by atoms with van der Waals surface area (Å²) < 4.78 is 0. The highest BCUT2D eigenvalue weighted by Crippen LogP contribution is 2.26. The number of aromatic nitrogens is 3. The molecule has 2 aromatic heterocycles. The van der Waals surface area contributed by atoms with E-state index >= 15 is 0 Å². The van der Waals surface area contributed by atoms with Crippen molar-refractivity contribution in [3.8, 4) is 6.07 Å². The van der Waals surface area contributed by atoms with Crippen molar-refractivity contribution in [1.82, 2.24) is 25.2 Å². The summed E-state index contributed by atoms with van der Waals surface area (Å²) in [4.78, 5) is 29.6. The molecule has 160 valence electrons. The fraction of sp³-hybridized carbons (Fsp3) is 0.421. The topological polar surface area (TPSA) is 110 Å². The molecule has 0 unspecified atom stereocenters. The minimum Gasteiger partial charge on any atom is -0.355 e. The van der Waals surface area contributed by atoms with Gasteiger partial charge in [0.2, 0.25) is 5.91 Å². The molecule has 0 aliphatic rings. The van der Waals surface area contributed by atoms with Crippen LogP contribution in [0.15, 0.2) is 30.1 Å². The number of amides is 1. The second kappa shape index (κ2) is 12.1. The Labute approximate surface area is 185 Å². The van der Waals surface area contributed by atoms with Crippen molar-refractivity contribution in [2.45, 2.75) is 12.1 Å². The first-order valence-corrected chi connectivity index (χ1v) is 11.2. The van der Waals surface area contributed by atoms with Gasteiger partial charge in [-0.05, 0) is 27.1 Å². The standard InChI is InChI=1S/C19H26N8OS2/c1-5-17(28)21-7-10-29-19-24-15(23-18-22-13-14(12-20)30-18)11-16(25-19)27(6-2)9-8-26(3)4/h5,11,13H,1,6-10H2,2-4H3,(H,21,28)(H,22,23,24,25). The molecule has 2 rings (SSSR count). The second-order valence-corrected chi connectivity index (χ2v) is 8.48. The number of thiazole rings is 1. The van der Waals surface area contributed by atoms with E-state index in [-0.39, 0.29) is 5.91 Å². The number of anilines is 3. The van der Waals surface area contributed by atoms with Gasteiger partial charge >= 0.3 is 0 Å². The summed E-state index contributed by atoms with van der Waals surface area (Å²) in [6.07, 6.45) is 2.78. The predicted molar refractivity (Wildman–Crippen MR) is 123 cm³/mol. The zero-order valence-corrected chi connectivity index (χ0v) is 19.0. The van der Waals surface area contributed by atoms with Crippen molar-refractivity contribution < 1.29 is 4.79 Å². The molecular weight excluding hydrogens is 420 g/mol. The Bertz CT molecular complexity index is 893. The summed E-state index contributed by atoms with van der Waals surface area (Å²) >= 11 is 2.72. The molecule has 0 saturated heterocycles. The molecular formula is C19H26N8OS2. The molecule has 9 nitrogen and oxygen atoms in total. The van der Waals surface area contributed by atoms with Crippen molar-refractivity contribution in [1.29, 1.82) is 5.26 Å². The fourth-order valence-electron chi connectivity index (χ4n) is 2.34. The van der Waals surface area contributed by atoms with E-state index in [1.807, 2.05) is 20.2 Å². The monoisotopic (exact) mass is 446 g/mol. The van der Waals surface area contributed by atoms with E-state index in [0.29, 0.717) is 33.3 Å². The van der Waals surface area contributed by atoms with Gasteiger partial charge in [-0.3, -0.25) is 4.79 Å². The lowest BCUT2D eigenvalue weighted by Gasteiger charge is -2.24. The van der Waals surface area contributed by atoms with Gasteiger partial charge in [-0.1, -0.05) is 29.7 Å². The molecule has 30 heavy (non-hydrogen) atoms. The van der Waals surface area contributed by atoms with E-state index in [4.69, 9.17) is 10.2 Å². The van der Waals surface area contributed by atoms with E-state index < -0.39 is 0 Å². The third kappa shape index (κ3) is 7.62. The molecule has 1 amide bonds. The van der Waals surface area contributed by atoms with Crippen LogP contribution in [0.5, 0.6) is 0 Å². The van der Waals surface area contributed by atoms with Crippen molar-refractivity contribution in [2.75, 3.05) is 56.2 Å². The van der Waals surface area contributed by atoms with Crippen LogP contribution in [0.1, 0.15) is 11.8 Å². The van der Waals surface area contributed by atoms with Crippen LogP contribution in [0, 0.1) is 11.3 Å².